The molecule has 2 rings (SSSR count). The summed E-state index contributed by atoms with van der Waals surface area (Å²) in [6, 6.07) is 19.2. The third-order valence-electron chi connectivity index (χ3n) is 4.95. The highest BCUT2D eigenvalue weighted by atomic mass is 32.2. The van der Waals surface area contributed by atoms with Gasteiger partial charge in [-0.05, 0) is 36.8 Å². The van der Waals surface area contributed by atoms with E-state index in [2.05, 4.69) is 0 Å². The Morgan fingerprint density at radius 1 is 0.897 bits per heavy atom. The number of hydrogen-bond acceptors (Lipinski definition) is 4. The molecule has 0 amide bonds. The Morgan fingerprint density at radius 3 is 1.97 bits per heavy atom. The van der Waals surface area contributed by atoms with Crippen LogP contribution in [0.2, 0.25) is 0 Å². The van der Waals surface area contributed by atoms with Crippen molar-refractivity contribution in [2.45, 2.75) is 37.4 Å². The van der Waals surface area contributed by atoms with Crippen molar-refractivity contribution in [3.8, 4) is 0 Å². The van der Waals surface area contributed by atoms with Crippen LogP contribution < -0.4 is 0 Å². The van der Waals surface area contributed by atoms with Gasteiger partial charge in [-0.25, -0.2) is 4.21 Å². The number of benzene rings is 2. The standard InChI is InChI=1S/C22H27NO5S/c23-29(28,16-19(22(26)27)12-14-21(24)25)20(15-18-9-5-2-6-10-18)13-11-17-7-3-1-4-8-17/h1-10,19-20,23H,11-16H2,(H,24,25)(H,26,27). The van der Waals surface area contributed by atoms with E-state index in [0.29, 0.717) is 19.3 Å². The summed E-state index contributed by atoms with van der Waals surface area (Å²) >= 11 is 0. The maximum Gasteiger partial charge on any atom is 0.307 e. The summed E-state index contributed by atoms with van der Waals surface area (Å²) in [7, 11) is -3.26. The lowest BCUT2D eigenvalue weighted by Gasteiger charge is -2.23. The molecule has 3 unspecified atom stereocenters. The van der Waals surface area contributed by atoms with Crippen LogP contribution in [0.4, 0.5) is 0 Å². The molecule has 0 aliphatic heterocycles. The van der Waals surface area contributed by atoms with Crippen molar-refractivity contribution >= 4 is 21.7 Å². The minimum atomic E-state index is -3.26. The summed E-state index contributed by atoms with van der Waals surface area (Å²) in [5, 5.41) is 17.8. The van der Waals surface area contributed by atoms with Crippen LogP contribution in [-0.4, -0.2) is 37.4 Å². The largest absolute Gasteiger partial charge is 0.481 e. The molecular formula is C22H27NO5S. The third kappa shape index (κ3) is 7.69. The first-order valence-corrected chi connectivity index (χ1v) is 11.3. The third-order valence-corrected chi connectivity index (χ3v) is 7.32. The lowest BCUT2D eigenvalue weighted by molar-refractivity contribution is -0.142. The quantitative estimate of drug-likeness (QED) is 0.485. The van der Waals surface area contributed by atoms with Crippen LogP contribution in [0.1, 0.15) is 30.4 Å². The number of rotatable bonds is 12. The fourth-order valence-electron chi connectivity index (χ4n) is 3.29. The smallest absolute Gasteiger partial charge is 0.307 e. The van der Waals surface area contributed by atoms with E-state index in [1.807, 2.05) is 60.7 Å². The molecule has 156 valence electrons. The summed E-state index contributed by atoms with van der Waals surface area (Å²) in [5.74, 6) is -3.74. The highest BCUT2D eigenvalue weighted by molar-refractivity contribution is 7.93. The summed E-state index contributed by atoms with van der Waals surface area (Å²) in [6.07, 6.45) is 1.10. The number of carboxylic acid groups (broad SMARTS) is 2. The summed E-state index contributed by atoms with van der Waals surface area (Å²) in [4.78, 5) is 22.4. The zero-order valence-corrected chi connectivity index (χ0v) is 17.0. The van der Waals surface area contributed by atoms with E-state index in [4.69, 9.17) is 9.89 Å². The second kappa shape index (κ2) is 10.8. The number of aryl methyl sites for hydroxylation is 1. The Morgan fingerprint density at radius 2 is 1.45 bits per heavy atom. The van der Waals surface area contributed by atoms with Crippen LogP contribution in [0, 0.1) is 10.7 Å². The van der Waals surface area contributed by atoms with Gasteiger partial charge in [0.25, 0.3) is 0 Å². The fraction of sp³-hybridized carbons (Fsp3) is 0.364. The Balaban J connectivity index is 2.19. The maximum absolute atomic E-state index is 13.3. The lowest BCUT2D eigenvalue weighted by atomic mass is 10.0. The van der Waals surface area contributed by atoms with Gasteiger partial charge in [0.15, 0.2) is 0 Å². The molecule has 2 aromatic carbocycles. The molecular weight excluding hydrogens is 390 g/mol. The molecule has 0 fully saturated rings. The Labute approximate surface area is 171 Å². The fourth-order valence-corrected chi connectivity index (χ4v) is 5.43. The average molecular weight is 418 g/mol. The van der Waals surface area contributed by atoms with E-state index in [1.54, 1.807) is 0 Å². The van der Waals surface area contributed by atoms with Gasteiger partial charge in [0, 0.05) is 27.2 Å². The highest BCUT2D eigenvalue weighted by Gasteiger charge is 2.29. The second-order valence-electron chi connectivity index (χ2n) is 7.20. The van der Waals surface area contributed by atoms with Gasteiger partial charge < -0.3 is 10.2 Å². The van der Waals surface area contributed by atoms with Crippen molar-refractivity contribution in [2.24, 2.45) is 5.92 Å². The van der Waals surface area contributed by atoms with Crippen LogP contribution in [-0.2, 0) is 32.2 Å². The number of carboxylic acids is 2. The van der Waals surface area contributed by atoms with Gasteiger partial charge in [0.05, 0.1) is 5.92 Å². The molecule has 0 heterocycles. The molecule has 2 aromatic rings. The molecule has 0 saturated heterocycles. The molecule has 29 heavy (non-hydrogen) atoms. The van der Waals surface area contributed by atoms with E-state index in [1.165, 1.54) is 0 Å². The molecule has 0 spiro atoms. The molecule has 6 nitrogen and oxygen atoms in total. The molecule has 0 radical (unpaired) electrons. The van der Waals surface area contributed by atoms with Gasteiger partial charge in [-0.2, -0.15) is 0 Å². The molecule has 0 aliphatic carbocycles. The molecule has 3 N–H and O–H groups in total. The molecule has 3 atom stereocenters. The molecule has 0 bridgehead atoms. The van der Waals surface area contributed by atoms with Crippen LogP contribution in [0.5, 0.6) is 0 Å². The van der Waals surface area contributed by atoms with Crippen LogP contribution in [0.15, 0.2) is 60.7 Å². The SMILES string of the molecule is N=S(=O)(CC(CCC(=O)O)C(=O)O)C(CCc1ccccc1)Cc1ccccc1. The average Bonchev–Trinajstić information content (AvgIpc) is 2.69. The summed E-state index contributed by atoms with van der Waals surface area (Å²) < 4.78 is 21.9. The molecule has 0 saturated carbocycles. The molecule has 0 aromatic heterocycles. The zero-order valence-electron chi connectivity index (χ0n) is 16.2. The van der Waals surface area contributed by atoms with Crippen molar-refractivity contribution in [1.82, 2.24) is 0 Å². The van der Waals surface area contributed by atoms with E-state index in [0.717, 1.165) is 11.1 Å². The van der Waals surface area contributed by atoms with Gasteiger partial charge in [-0.3, -0.25) is 14.4 Å². The van der Waals surface area contributed by atoms with Crippen molar-refractivity contribution in [3.63, 3.8) is 0 Å². The van der Waals surface area contributed by atoms with Gasteiger partial charge in [0.2, 0.25) is 0 Å². The summed E-state index contributed by atoms with van der Waals surface area (Å²) in [6.45, 7) is 0. The van der Waals surface area contributed by atoms with Gasteiger partial charge in [0.1, 0.15) is 0 Å². The maximum atomic E-state index is 13.3. The van der Waals surface area contributed by atoms with Crippen LogP contribution in [0.3, 0.4) is 0 Å². The number of nitrogens with one attached hydrogen (secondary N) is 1. The minimum absolute atomic E-state index is 0.128. The number of carbonyl (C=O) groups is 2. The monoisotopic (exact) mass is 417 g/mol. The van der Waals surface area contributed by atoms with Crippen LogP contribution in [0.25, 0.3) is 0 Å². The first-order valence-electron chi connectivity index (χ1n) is 9.55. The van der Waals surface area contributed by atoms with E-state index >= 15 is 0 Å². The second-order valence-corrected chi connectivity index (χ2v) is 9.65. The van der Waals surface area contributed by atoms with E-state index in [9.17, 15) is 18.9 Å². The number of hydrogen-bond donors (Lipinski definition) is 3. The van der Waals surface area contributed by atoms with Crippen molar-refractivity contribution in [3.05, 3.63) is 71.8 Å². The lowest BCUT2D eigenvalue weighted by Crippen LogP contribution is -2.32. The van der Waals surface area contributed by atoms with Crippen LogP contribution >= 0.6 is 0 Å². The number of aliphatic carboxylic acids is 2. The summed E-state index contributed by atoms with van der Waals surface area (Å²) in [5.41, 5.74) is 2.02. The predicted octanol–water partition coefficient (Wildman–Crippen LogP) is 3.84. The van der Waals surface area contributed by atoms with Crippen molar-refractivity contribution < 1.29 is 24.0 Å². The first kappa shape index (κ1) is 22.6. The first-order chi connectivity index (χ1) is 13.8. The van der Waals surface area contributed by atoms with Crippen molar-refractivity contribution in [2.75, 3.05) is 5.75 Å². The topological polar surface area (TPSA) is 116 Å². The zero-order chi connectivity index (χ0) is 21.3. The van der Waals surface area contributed by atoms with E-state index in [-0.39, 0.29) is 18.6 Å². The minimum Gasteiger partial charge on any atom is -0.481 e. The van der Waals surface area contributed by atoms with Crippen molar-refractivity contribution in [1.29, 1.82) is 4.78 Å². The van der Waals surface area contributed by atoms with Gasteiger partial charge in [-0.15, -0.1) is 0 Å². The van der Waals surface area contributed by atoms with Gasteiger partial charge in [-0.1, -0.05) is 60.7 Å². The molecule has 7 heteroatoms. The molecule has 0 aliphatic rings. The van der Waals surface area contributed by atoms with Gasteiger partial charge >= 0.3 is 11.9 Å². The predicted molar refractivity (Wildman–Crippen MR) is 112 cm³/mol. The Kier molecular flexibility index (Phi) is 8.39. The highest BCUT2D eigenvalue weighted by Crippen LogP contribution is 2.22. The Bertz CT molecular complexity index is 897. The normalized spacial score (nSPS) is 15.2. The Hall–Kier alpha value is -2.67. The van der Waals surface area contributed by atoms with E-state index < -0.39 is 32.8 Å².